The Morgan fingerprint density at radius 1 is 1.44 bits per heavy atom. The van der Waals surface area contributed by atoms with E-state index in [0.717, 1.165) is 18.4 Å². The van der Waals surface area contributed by atoms with Crippen molar-refractivity contribution in [3.05, 3.63) is 22.4 Å². The quantitative estimate of drug-likeness (QED) is 0.785. The van der Waals surface area contributed by atoms with Crippen LogP contribution in [0.15, 0.2) is 16.8 Å². The maximum absolute atomic E-state index is 11.7. The zero-order chi connectivity index (χ0) is 12.8. The van der Waals surface area contributed by atoms with Crippen LogP contribution in [0.4, 0.5) is 4.79 Å². The Bertz CT molecular complexity index is 361. The highest BCUT2D eigenvalue weighted by molar-refractivity contribution is 7.07. The van der Waals surface area contributed by atoms with E-state index < -0.39 is 6.10 Å². The number of hydrogen-bond acceptors (Lipinski definition) is 3. The Hall–Kier alpha value is -1.07. The van der Waals surface area contributed by atoms with Crippen molar-refractivity contribution < 1.29 is 9.90 Å². The van der Waals surface area contributed by atoms with Crippen LogP contribution in [-0.2, 0) is 0 Å². The molecule has 3 N–H and O–H groups in total. The summed E-state index contributed by atoms with van der Waals surface area (Å²) in [6.07, 6.45) is 5.19. The molecule has 1 fully saturated rings. The zero-order valence-corrected chi connectivity index (χ0v) is 11.2. The molecule has 0 bridgehead atoms. The Kier molecular flexibility index (Phi) is 5.01. The van der Waals surface area contributed by atoms with Gasteiger partial charge in [-0.25, -0.2) is 4.79 Å². The predicted octanol–water partition coefficient (Wildman–Crippen LogP) is 2.41. The first kappa shape index (κ1) is 13.4. The topological polar surface area (TPSA) is 61.4 Å². The van der Waals surface area contributed by atoms with Gasteiger partial charge in [0, 0.05) is 12.6 Å². The van der Waals surface area contributed by atoms with Gasteiger partial charge in [-0.05, 0) is 35.2 Å². The molecule has 1 heterocycles. The molecule has 0 aliphatic heterocycles. The highest BCUT2D eigenvalue weighted by atomic mass is 32.1. The zero-order valence-electron chi connectivity index (χ0n) is 10.4. The molecule has 100 valence electrons. The van der Waals surface area contributed by atoms with E-state index in [0.29, 0.717) is 6.04 Å². The van der Waals surface area contributed by atoms with E-state index in [4.69, 9.17) is 0 Å². The summed E-state index contributed by atoms with van der Waals surface area (Å²) < 4.78 is 0. The number of rotatable bonds is 4. The number of carbonyl (C=O) groups excluding carboxylic acids is 1. The van der Waals surface area contributed by atoms with Gasteiger partial charge in [0.15, 0.2) is 0 Å². The lowest BCUT2D eigenvalue weighted by molar-refractivity contribution is 0.172. The first-order valence-corrected chi connectivity index (χ1v) is 7.44. The average molecular weight is 268 g/mol. The molecule has 2 amide bonds. The molecule has 0 unspecified atom stereocenters. The van der Waals surface area contributed by atoms with Gasteiger partial charge in [0.25, 0.3) is 0 Å². The van der Waals surface area contributed by atoms with E-state index in [-0.39, 0.29) is 12.6 Å². The summed E-state index contributed by atoms with van der Waals surface area (Å²) in [5, 5.41) is 19.3. The van der Waals surface area contributed by atoms with E-state index in [1.165, 1.54) is 19.3 Å². The lowest BCUT2D eigenvalue weighted by Gasteiger charge is -2.23. The molecule has 1 atom stereocenters. The normalized spacial score (nSPS) is 18.3. The Labute approximate surface area is 111 Å². The van der Waals surface area contributed by atoms with Gasteiger partial charge in [0.05, 0.1) is 6.10 Å². The summed E-state index contributed by atoms with van der Waals surface area (Å²) in [6.45, 7) is 0.259. The van der Waals surface area contributed by atoms with Crippen LogP contribution < -0.4 is 10.6 Å². The summed E-state index contributed by atoms with van der Waals surface area (Å²) in [5.41, 5.74) is 0.859. The summed E-state index contributed by atoms with van der Waals surface area (Å²) in [4.78, 5) is 11.7. The van der Waals surface area contributed by atoms with E-state index in [1.807, 2.05) is 16.8 Å². The fraction of sp³-hybridized carbons (Fsp3) is 0.615. The minimum Gasteiger partial charge on any atom is -0.387 e. The third-order valence-corrected chi connectivity index (χ3v) is 4.03. The first-order chi connectivity index (χ1) is 8.75. The van der Waals surface area contributed by atoms with Crippen molar-refractivity contribution in [2.75, 3.05) is 6.54 Å². The minimum atomic E-state index is -0.617. The summed E-state index contributed by atoms with van der Waals surface area (Å²) in [7, 11) is 0. The van der Waals surface area contributed by atoms with Crippen LogP contribution in [0.2, 0.25) is 0 Å². The van der Waals surface area contributed by atoms with Gasteiger partial charge in [-0.2, -0.15) is 11.3 Å². The molecule has 18 heavy (non-hydrogen) atoms. The largest absolute Gasteiger partial charge is 0.387 e. The molecule has 0 spiro atoms. The second kappa shape index (κ2) is 6.75. The third-order valence-electron chi connectivity index (χ3n) is 3.32. The second-order valence-corrected chi connectivity index (χ2v) is 5.54. The number of nitrogens with one attached hydrogen (secondary N) is 2. The van der Waals surface area contributed by atoms with Gasteiger partial charge in [-0.1, -0.05) is 19.3 Å². The van der Waals surface area contributed by atoms with E-state index >= 15 is 0 Å². The fourth-order valence-electron chi connectivity index (χ4n) is 2.26. The molecule has 0 radical (unpaired) electrons. The van der Waals surface area contributed by atoms with Crippen molar-refractivity contribution >= 4 is 17.4 Å². The number of amides is 2. The molecule has 1 aromatic heterocycles. The van der Waals surface area contributed by atoms with Crippen LogP contribution in [0.5, 0.6) is 0 Å². The van der Waals surface area contributed by atoms with Crippen molar-refractivity contribution in [2.45, 2.75) is 44.2 Å². The van der Waals surface area contributed by atoms with Crippen molar-refractivity contribution in [1.29, 1.82) is 0 Å². The average Bonchev–Trinajstić information content (AvgIpc) is 2.91. The highest BCUT2D eigenvalue weighted by Gasteiger charge is 2.16. The lowest BCUT2D eigenvalue weighted by atomic mass is 9.96. The minimum absolute atomic E-state index is 0.170. The van der Waals surface area contributed by atoms with E-state index in [9.17, 15) is 9.90 Å². The molecule has 4 nitrogen and oxygen atoms in total. The maximum atomic E-state index is 11.7. The number of hydrogen-bond donors (Lipinski definition) is 3. The second-order valence-electron chi connectivity index (χ2n) is 4.76. The SMILES string of the molecule is O=C(NC[C@@H](O)c1ccsc1)NC1CCCCC1. The third kappa shape index (κ3) is 3.99. The van der Waals surface area contributed by atoms with Gasteiger partial charge < -0.3 is 15.7 Å². The Balaban J connectivity index is 1.68. The monoisotopic (exact) mass is 268 g/mol. The molecule has 1 saturated carbocycles. The highest BCUT2D eigenvalue weighted by Crippen LogP contribution is 2.17. The fourth-order valence-corrected chi connectivity index (χ4v) is 2.96. The van der Waals surface area contributed by atoms with Crippen molar-refractivity contribution in [2.24, 2.45) is 0 Å². The number of carbonyl (C=O) groups is 1. The number of thiophene rings is 1. The van der Waals surface area contributed by atoms with Crippen molar-refractivity contribution in [3.63, 3.8) is 0 Å². The molecule has 2 rings (SSSR count). The van der Waals surface area contributed by atoms with Gasteiger partial charge in [-0.15, -0.1) is 0 Å². The van der Waals surface area contributed by atoms with Crippen LogP contribution in [0.25, 0.3) is 0 Å². The summed E-state index contributed by atoms with van der Waals surface area (Å²) >= 11 is 1.54. The smallest absolute Gasteiger partial charge is 0.315 e. The van der Waals surface area contributed by atoms with Gasteiger partial charge >= 0.3 is 6.03 Å². The molecule has 0 aromatic carbocycles. The number of aliphatic hydroxyl groups excluding tert-OH is 1. The Morgan fingerprint density at radius 2 is 2.22 bits per heavy atom. The summed E-state index contributed by atoms with van der Waals surface area (Å²) in [5.74, 6) is 0. The molecular weight excluding hydrogens is 248 g/mol. The van der Waals surface area contributed by atoms with Crippen molar-refractivity contribution in [3.8, 4) is 0 Å². The molecular formula is C13H20N2O2S. The first-order valence-electron chi connectivity index (χ1n) is 6.50. The standard InChI is InChI=1S/C13H20N2O2S/c16-12(10-6-7-18-9-10)8-14-13(17)15-11-4-2-1-3-5-11/h6-7,9,11-12,16H,1-5,8H2,(H2,14,15,17)/t12-/m1/s1. The van der Waals surface area contributed by atoms with Gasteiger partial charge in [0.1, 0.15) is 0 Å². The molecule has 1 aliphatic carbocycles. The number of urea groups is 1. The summed E-state index contributed by atoms with van der Waals surface area (Å²) in [6, 6.07) is 2.00. The van der Waals surface area contributed by atoms with Crippen LogP contribution in [0.3, 0.4) is 0 Å². The van der Waals surface area contributed by atoms with E-state index in [1.54, 1.807) is 11.3 Å². The molecule has 5 heteroatoms. The van der Waals surface area contributed by atoms with Crippen LogP contribution in [0.1, 0.15) is 43.8 Å². The van der Waals surface area contributed by atoms with Gasteiger partial charge in [-0.3, -0.25) is 0 Å². The number of aliphatic hydroxyl groups is 1. The Morgan fingerprint density at radius 3 is 2.89 bits per heavy atom. The van der Waals surface area contributed by atoms with Crippen molar-refractivity contribution in [1.82, 2.24) is 10.6 Å². The van der Waals surface area contributed by atoms with Crippen LogP contribution in [0, 0.1) is 0 Å². The van der Waals surface area contributed by atoms with Crippen LogP contribution in [-0.4, -0.2) is 23.7 Å². The maximum Gasteiger partial charge on any atom is 0.315 e. The van der Waals surface area contributed by atoms with Crippen LogP contribution >= 0.6 is 11.3 Å². The van der Waals surface area contributed by atoms with E-state index in [2.05, 4.69) is 10.6 Å². The predicted molar refractivity (Wildman–Crippen MR) is 72.7 cm³/mol. The molecule has 1 aliphatic rings. The lowest BCUT2D eigenvalue weighted by Crippen LogP contribution is -2.44. The molecule has 0 saturated heterocycles. The van der Waals surface area contributed by atoms with Gasteiger partial charge in [0.2, 0.25) is 0 Å². The molecule has 1 aromatic rings.